The van der Waals surface area contributed by atoms with Crippen LogP contribution in [0.1, 0.15) is 35.1 Å². The molecule has 0 atom stereocenters. The predicted octanol–water partition coefficient (Wildman–Crippen LogP) is 3.15. The normalized spacial score (nSPS) is 11.0. The highest BCUT2D eigenvalue weighted by Gasteiger charge is 2.08. The number of carbonyl (C=O) groups excluding carboxylic acids is 1. The zero-order chi connectivity index (χ0) is 20.4. The third kappa shape index (κ3) is 8.61. The van der Waals surface area contributed by atoms with E-state index >= 15 is 0 Å². The minimum Gasteiger partial charge on any atom is -0.357 e. The van der Waals surface area contributed by atoms with Crippen LogP contribution in [0.2, 0.25) is 5.02 Å². The summed E-state index contributed by atoms with van der Waals surface area (Å²) in [6.07, 6.45) is 0.905. The van der Waals surface area contributed by atoms with Gasteiger partial charge in [0.05, 0.1) is 16.3 Å². The van der Waals surface area contributed by atoms with Crippen molar-refractivity contribution < 1.29 is 4.79 Å². The zero-order valence-corrected chi connectivity index (χ0v) is 20.3. The Kier molecular flexibility index (Phi) is 11.7. The van der Waals surface area contributed by atoms with Gasteiger partial charge in [-0.05, 0) is 45.4 Å². The molecule has 1 aromatic carbocycles. The van der Waals surface area contributed by atoms with E-state index in [4.69, 9.17) is 11.6 Å². The fraction of sp³-hybridized carbons (Fsp3) is 0.450. The topological polar surface area (TPSA) is 83.3 Å². The average Bonchev–Trinajstić information content (AvgIpc) is 2.99. The van der Waals surface area contributed by atoms with E-state index < -0.39 is 0 Å². The summed E-state index contributed by atoms with van der Waals surface area (Å²) in [6.45, 7) is 9.43. The van der Waals surface area contributed by atoms with E-state index in [-0.39, 0.29) is 29.9 Å². The van der Waals surface area contributed by atoms with Crippen LogP contribution in [0.3, 0.4) is 0 Å². The molecule has 0 aliphatic heterocycles. The van der Waals surface area contributed by atoms with Crippen molar-refractivity contribution in [3.8, 4) is 0 Å². The summed E-state index contributed by atoms with van der Waals surface area (Å²) in [5.41, 5.74) is 2.68. The molecule has 7 nitrogen and oxygen atoms in total. The van der Waals surface area contributed by atoms with Crippen molar-refractivity contribution in [2.45, 2.75) is 33.7 Å². The Bertz CT molecular complexity index is 808. The summed E-state index contributed by atoms with van der Waals surface area (Å²) in [6, 6.07) is 9.08. The van der Waals surface area contributed by atoms with Crippen LogP contribution in [0.5, 0.6) is 0 Å². The number of rotatable bonds is 9. The molecular weight excluding hydrogens is 503 g/mol. The van der Waals surface area contributed by atoms with Gasteiger partial charge in [-0.2, -0.15) is 5.10 Å². The van der Waals surface area contributed by atoms with Gasteiger partial charge in [0.1, 0.15) is 0 Å². The minimum atomic E-state index is -0.181. The van der Waals surface area contributed by atoms with Gasteiger partial charge in [-0.25, -0.2) is 0 Å². The number of carbonyl (C=O) groups is 1. The van der Waals surface area contributed by atoms with E-state index in [9.17, 15) is 4.79 Å². The molecule has 2 rings (SSSR count). The molecule has 0 aliphatic carbocycles. The van der Waals surface area contributed by atoms with Gasteiger partial charge in [0.15, 0.2) is 5.96 Å². The van der Waals surface area contributed by atoms with Gasteiger partial charge in [-0.1, -0.05) is 23.7 Å². The summed E-state index contributed by atoms with van der Waals surface area (Å²) in [5.74, 6) is 0.557. The number of hydrogen-bond donors (Lipinski definition) is 3. The van der Waals surface area contributed by atoms with Gasteiger partial charge in [0.2, 0.25) is 0 Å². The maximum absolute atomic E-state index is 12.1. The van der Waals surface area contributed by atoms with Gasteiger partial charge in [0, 0.05) is 38.4 Å². The third-order valence-electron chi connectivity index (χ3n) is 4.07. The van der Waals surface area contributed by atoms with Gasteiger partial charge in [-0.3, -0.25) is 14.5 Å². The number of nitrogens with zero attached hydrogens (tertiary/aromatic N) is 3. The zero-order valence-electron chi connectivity index (χ0n) is 17.2. The first-order valence-electron chi connectivity index (χ1n) is 9.57. The molecule has 2 aromatic rings. The van der Waals surface area contributed by atoms with Crippen LogP contribution in [0.25, 0.3) is 0 Å². The summed E-state index contributed by atoms with van der Waals surface area (Å²) in [5, 5.41) is 14.2. The molecule has 0 saturated carbocycles. The van der Waals surface area contributed by atoms with E-state index in [1.165, 1.54) is 5.69 Å². The number of guanidine groups is 1. The first-order valence-corrected chi connectivity index (χ1v) is 9.95. The second kappa shape index (κ2) is 13.4. The van der Waals surface area contributed by atoms with Crippen molar-refractivity contribution in [3.63, 3.8) is 0 Å². The highest BCUT2D eigenvalue weighted by atomic mass is 127. The van der Waals surface area contributed by atoms with Gasteiger partial charge < -0.3 is 16.0 Å². The van der Waals surface area contributed by atoms with Crippen molar-refractivity contribution in [2.75, 3.05) is 26.2 Å². The Labute approximate surface area is 194 Å². The molecule has 0 radical (unpaired) electrons. The number of nitrogens with one attached hydrogen (secondary N) is 3. The van der Waals surface area contributed by atoms with Crippen LogP contribution in [0.15, 0.2) is 35.3 Å². The van der Waals surface area contributed by atoms with Crippen molar-refractivity contribution in [2.24, 2.45) is 4.99 Å². The first kappa shape index (κ1) is 25.2. The van der Waals surface area contributed by atoms with Crippen molar-refractivity contribution in [1.82, 2.24) is 25.7 Å². The third-order valence-corrected chi connectivity index (χ3v) is 4.40. The highest BCUT2D eigenvalue weighted by molar-refractivity contribution is 14.0. The molecule has 0 fully saturated rings. The van der Waals surface area contributed by atoms with Crippen molar-refractivity contribution >= 4 is 47.4 Å². The molecule has 0 unspecified atom stereocenters. The Hall–Kier alpha value is -1.81. The Morgan fingerprint density at radius 3 is 2.55 bits per heavy atom. The fourth-order valence-electron chi connectivity index (χ4n) is 2.75. The summed E-state index contributed by atoms with van der Waals surface area (Å²) >= 11 is 6.04. The first-order chi connectivity index (χ1) is 13.5. The van der Waals surface area contributed by atoms with Crippen LogP contribution in [-0.2, 0) is 6.54 Å². The summed E-state index contributed by atoms with van der Waals surface area (Å²) in [7, 11) is 0. The molecule has 1 aromatic heterocycles. The smallest absolute Gasteiger partial charge is 0.252 e. The maximum Gasteiger partial charge on any atom is 0.252 e. The SMILES string of the molecule is CCNC(=NCCCn1nc(C)cc1C)NCCNC(=O)c1ccccc1Cl.I. The number of hydrogen-bond acceptors (Lipinski definition) is 3. The lowest BCUT2D eigenvalue weighted by atomic mass is 10.2. The van der Waals surface area contributed by atoms with Crippen LogP contribution < -0.4 is 16.0 Å². The summed E-state index contributed by atoms with van der Waals surface area (Å²) in [4.78, 5) is 16.7. The molecule has 3 N–H and O–H groups in total. The van der Waals surface area contributed by atoms with Crippen LogP contribution in [0.4, 0.5) is 0 Å². The summed E-state index contributed by atoms with van der Waals surface area (Å²) < 4.78 is 2.01. The molecule has 9 heteroatoms. The van der Waals surface area contributed by atoms with Crippen LogP contribution in [0, 0.1) is 13.8 Å². The molecule has 0 bridgehead atoms. The van der Waals surface area contributed by atoms with E-state index in [0.717, 1.165) is 31.2 Å². The molecule has 29 heavy (non-hydrogen) atoms. The largest absolute Gasteiger partial charge is 0.357 e. The van der Waals surface area contributed by atoms with Crippen molar-refractivity contribution in [1.29, 1.82) is 0 Å². The quantitative estimate of drug-likeness (QED) is 0.201. The number of aryl methyl sites for hydroxylation is 3. The molecule has 1 heterocycles. The molecule has 0 aliphatic rings. The monoisotopic (exact) mass is 532 g/mol. The van der Waals surface area contributed by atoms with E-state index in [2.05, 4.69) is 39.0 Å². The lowest BCUT2D eigenvalue weighted by Gasteiger charge is -2.12. The highest BCUT2D eigenvalue weighted by Crippen LogP contribution is 2.14. The lowest BCUT2D eigenvalue weighted by Crippen LogP contribution is -2.41. The van der Waals surface area contributed by atoms with Gasteiger partial charge >= 0.3 is 0 Å². The number of halogens is 2. The molecule has 0 saturated heterocycles. The number of aromatic nitrogens is 2. The number of amides is 1. The second-order valence-corrected chi connectivity index (χ2v) is 6.83. The Balaban J connectivity index is 0.00000420. The predicted molar refractivity (Wildman–Crippen MR) is 129 cm³/mol. The number of benzene rings is 1. The number of aliphatic imine (C=N–C) groups is 1. The van der Waals surface area contributed by atoms with Crippen LogP contribution >= 0.6 is 35.6 Å². The molecule has 0 spiro atoms. The van der Waals surface area contributed by atoms with Crippen molar-refractivity contribution in [3.05, 3.63) is 52.3 Å². The van der Waals surface area contributed by atoms with E-state index in [1.807, 2.05) is 18.5 Å². The minimum absolute atomic E-state index is 0. The van der Waals surface area contributed by atoms with Crippen LogP contribution in [-0.4, -0.2) is 47.8 Å². The maximum atomic E-state index is 12.1. The Morgan fingerprint density at radius 2 is 1.90 bits per heavy atom. The fourth-order valence-corrected chi connectivity index (χ4v) is 2.97. The van der Waals surface area contributed by atoms with Gasteiger partial charge in [-0.15, -0.1) is 24.0 Å². The molecular formula is C20H30ClIN6O. The Morgan fingerprint density at radius 1 is 1.17 bits per heavy atom. The van der Waals surface area contributed by atoms with E-state index in [0.29, 0.717) is 30.2 Å². The van der Waals surface area contributed by atoms with E-state index in [1.54, 1.807) is 24.3 Å². The van der Waals surface area contributed by atoms with Gasteiger partial charge in [0.25, 0.3) is 5.91 Å². The molecule has 1 amide bonds. The lowest BCUT2D eigenvalue weighted by molar-refractivity contribution is 0.0954. The molecule has 160 valence electrons. The average molecular weight is 533 g/mol. The standard InChI is InChI=1S/C20H29ClN6O.HI/c1-4-22-20(24-10-7-13-27-16(3)14-15(2)26-27)25-12-11-23-19(28)17-8-5-6-9-18(17)21;/h5-6,8-9,14H,4,7,10-13H2,1-3H3,(H,23,28)(H2,22,24,25);1H. The second-order valence-electron chi connectivity index (χ2n) is 6.43.